The van der Waals surface area contributed by atoms with E-state index in [2.05, 4.69) is 4.98 Å². The van der Waals surface area contributed by atoms with Gasteiger partial charge in [0.15, 0.2) is 4.90 Å². The Morgan fingerprint density at radius 3 is 1.61 bits per heavy atom. The minimum atomic E-state index is -1.48. The van der Waals surface area contributed by atoms with Crippen LogP contribution in [-0.4, -0.2) is 35.9 Å². The third kappa shape index (κ3) is 4.38. The van der Waals surface area contributed by atoms with Crippen LogP contribution in [0.3, 0.4) is 0 Å². The molecule has 0 radical (unpaired) electrons. The smallest absolute Gasteiger partial charge is 0.327 e. The van der Waals surface area contributed by atoms with Gasteiger partial charge < -0.3 is 18.8 Å². The van der Waals surface area contributed by atoms with Crippen molar-refractivity contribution in [2.24, 2.45) is 0 Å². The summed E-state index contributed by atoms with van der Waals surface area (Å²) in [6.07, 6.45) is 0. The zero-order valence-corrected chi connectivity index (χ0v) is 18.2. The van der Waals surface area contributed by atoms with Crippen LogP contribution in [0.25, 0.3) is 22.5 Å². The Balaban J connectivity index is 1.78. The highest BCUT2D eigenvalue weighted by molar-refractivity contribution is 7.91. The molecule has 1 aromatic heterocycles. The number of aromatic nitrogens is 2. The predicted octanol–water partition coefficient (Wildman–Crippen LogP) is 4.94. The fraction of sp³-hybridized carbons (Fsp3) is 0.125. The maximum Gasteiger partial charge on any atom is 0.327 e. The van der Waals surface area contributed by atoms with E-state index >= 15 is 0 Å². The van der Waals surface area contributed by atoms with E-state index in [1.54, 1.807) is 45.6 Å². The van der Waals surface area contributed by atoms with Crippen molar-refractivity contribution in [3.8, 4) is 39.8 Å². The Kier molecular flexibility index (Phi) is 6.16. The fourth-order valence-corrected chi connectivity index (χ4v) is 4.15. The topological polar surface area (TPSA) is 79.4 Å². The molecule has 158 valence electrons. The number of H-pyrrole nitrogens is 1. The zero-order chi connectivity index (χ0) is 21.8. The van der Waals surface area contributed by atoms with Crippen molar-refractivity contribution >= 4 is 11.2 Å². The molecule has 31 heavy (non-hydrogen) atoms. The summed E-state index contributed by atoms with van der Waals surface area (Å²) in [5.41, 5.74) is 3.30. The SMILES string of the molecule is COc1ccc(-c2nc([S+]([O-])c3ccc(OC)cc3)[nH]c2-c2ccc(OC)cc2)cc1. The van der Waals surface area contributed by atoms with Gasteiger partial charge in [0.2, 0.25) is 0 Å². The van der Waals surface area contributed by atoms with E-state index in [-0.39, 0.29) is 0 Å². The normalized spacial score (nSPS) is 11.7. The summed E-state index contributed by atoms with van der Waals surface area (Å²) in [5.74, 6) is 2.22. The maximum atomic E-state index is 13.2. The van der Waals surface area contributed by atoms with E-state index in [0.717, 1.165) is 28.3 Å². The molecule has 0 aliphatic heterocycles. The first-order chi connectivity index (χ1) is 15.1. The Morgan fingerprint density at radius 2 is 1.13 bits per heavy atom. The number of aromatic amines is 1. The molecule has 4 rings (SSSR count). The molecule has 0 aliphatic carbocycles. The number of methoxy groups -OCH3 is 3. The van der Waals surface area contributed by atoms with E-state index in [4.69, 9.17) is 19.2 Å². The lowest BCUT2D eigenvalue weighted by molar-refractivity contribution is 0.414. The van der Waals surface area contributed by atoms with E-state index in [9.17, 15) is 4.55 Å². The molecule has 7 heteroatoms. The monoisotopic (exact) mass is 434 g/mol. The van der Waals surface area contributed by atoms with Crippen molar-refractivity contribution in [1.82, 2.24) is 9.97 Å². The van der Waals surface area contributed by atoms with Crippen LogP contribution in [0.4, 0.5) is 0 Å². The average Bonchev–Trinajstić information content (AvgIpc) is 3.29. The first kappa shape index (κ1) is 20.8. The minimum Gasteiger partial charge on any atom is -0.604 e. The number of hydrogen-bond acceptors (Lipinski definition) is 5. The molecule has 3 aromatic carbocycles. The van der Waals surface area contributed by atoms with Crippen LogP contribution < -0.4 is 14.2 Å². The van der Waals surface area contributed by atoms with Gasteiger partial charge in [0.1, 0.15) is 22.9 Å². The third-order valence-corrected chi connectivity index (χ3v) is 6.12. The van der Waals surface area contributed by atoms with Gasteiger partial charge in [-0.2, -0.15) is 4.98 Å². The highest BCUT2D eigenvalue weighted by Crippen LogP contribution is 2.34. The molecule has 4 aromatic rings. The van der Waals surface area contributed by atoms with Crippen LogP contribution in [0.5, 0.6) is 17.2 Å². The summed E-state index contributed by atoms with van der Waals surface area (Å²) in [6.45, 7) is 0. The molecule has 1 atom stereocenters. The van der Waals surface area contributed by atoms with Gasteiger partial charge in [-0.1, -0.05) is 0 Å². The van der Waals surface area contributed by atoms with Gasteiger partial charge in [0, 0.05) is 11.1 Å². The molecule has 0 saturated heterocycles. The summed E-state index contributed by atoms with van der Waals surface area (Å²) in [7, 11) is 4.85. The highest BCUT2D eigenvalue weighted by atomic mass is 32.2. The molecule has 0 bridgehead atoms. The van der Waals surface area contributed by atoms with E-state index in [1.165, 1.54) is 0 Å². The lowest BCUT2D eigenvalue weighted by atomic mass is 10.0. The molecule has 0 aliphatic rings. The second-order valence-corrected chi connectivity index (χ2v) is 8.06. The fourth-order valence-electron chi connectivity index (χ4n) is 3.17. The number of nitrogens with zero attached hydrogens (tertiary/aromatic N) is 1. The molecule has 6 nitrogen and oxygen atoms in total. The Bertz CT molecular complexity index is 1070. The largest absolute Gasteiger partial charge is 0.604 e. The summed E-state index contributed by atoms with van der Waals surface area (Å²) in [5, 5.41) is 0.377. The number of imidazole rings is 1. The second kappa shape index (κ2) is 9.16. The molecule has 0 fully saturated rings. The first-order valence-electron chi connectivity index (χ1n) is 9.57. The van der Waals surface area contributed by atoms with Gasteiger partial charge in [-0.05, 0) is 72.8 Å². The van der Waals surface area contributed by atoms with Gasteiger partial charge in [-0.15, -0.1) is 0 Å². The quantitative estimate of drug-likeness (QED) is 0.417. The zero-order valence-electron chi connectivity index (χ0n) is 17.4. The van der Waals surface area contributed by atoms with Crippen molar-refractivity contribution in [1.29, 1.82) is 0 Å². The number of hydrogen-bond donors (Lipinski definition) is 1. The average molecular weight is 435 g/mol. The van der Waals surface area contributed by atoms with Crippen molar-refractivity contribution in [3.63, 3.8) is 0 Å². The van der Waals surface area contributed by atoms with Gasteiger partial charge in [0.05, 0.1) is 38.2 Å². The summed E-state index contributed by atoms with van der Waals surface area (Å²) < 4.78 is 28.9. The lowest BCUT2D eigenvalue weighted by Gasteiger charge is -2.07. The Labute approximate surface area is 184 Å². The Morgan fingerprint density at radius 1 is 0.677 bits per heavy atom. The van der Waals surface area contributed by atoms with Crippen molar-refractivity contribution in [2.75, 3.05) is 21.3 Å². The molecule has 1 N–H and O–H groups in total. The van der Waals surface area contributed by atoms with Crippen LogP contribution in [0.15, 0.2) is 82.8 Å². The number of nitrogens with one attached hydrogen (secondary N) is 1. The highest BCUT2D eigenvalue weighted by Gasteiger charge is 2.24. The summed E-state index contributed by atoms with van der Waals surface area (Å²) >= 11 is -1.48. The van der Waals surface area contributed by atoms with Gasteiger partial charge in [0.25, 0.3) is 0 Å². The molecule has 1 unspecified atom stereocenters. The molecule has 0 saturated carbocycles. The van der Waals surface area contributed by atoms with Gasteiger partial charge >= 0.3 is 5.16 Å². The predicted molar refractivity (Wildman–Crippen MR) is 120 cm³/mol. The molecule has 1 heterocycles. The summed E-state index contributed by atoms with van der Waals surface area (Å²) in [4.78, 5) is 8.63. The van der Waals surface area contributed by atoms with Crippen LogP contribution in [0.2, 0.25) is 0 Å². The van der Waals surface area contributed by atoms with Crippen LogP contribution >= 0.6 is 0 Å². The number of rotatable bonds is 7. The third-order valence-electron chi connectivity index (χ3n) is 4.87. The molecular formula is C24H22N2O4S. The second-order valence-electron chi connectivity index (χ2n) is 6.67. The van der Waals surface area contributed by atoms with Crippen molar-refractivity contribution in [2.45, 2.75) is 10.1 Å². The number of ether oxygens (including phenoxy) is 3. The van der Waals surface area contributed by atoms with Crippen molar-refractivity contribution in [3.05, 3.63) is 72.8 Å². The molecular weight excluding hydrogens is 412 g/mol. The van der Waals surface area contributed by atoms with Crippen LogP contribution in [0.1, 0.15) is 0 Å². The van der Waals surface area contributed by atoms with E-state index in [1.807, 2.05) is 48.5 Å². The lowest BCUT2D eigenvalue weighted by Crippen LogP contribution is -2.04. The molecule has 0 spiro atoms. The summed E-state index contributed by atoms with van der Waals surface area (Å²) in [6, 6.07) is 22.4. The van der Waals surface area contributed by atoms with Gasteiger partial charge in [-0.25, -0.2) is 0 Å². The van der Waals surface area contributed by atoms with Crippen LogP contribution in [-0.2, 0) is 11.2 Å². The first-order valence-corrected chi connectivity index (χ1v) is 10.7. The maximum absolute atomic E-state index is 13.2. The van der Waals surface area contributed by atoms with Crippen LogP contribution in [0, 0.1) is 0 Å². The number of benzene rings is 3. The molecule has 0 amide bonds. The van der Waals surface area contributed by atoms with E-state index in [0.29, 0.717) is 21.5 Å². The van der Waals surface area contributed by atoms with Crippen molar-refractivity contribution < 1.29 is 18.8 Å². The minimum absolute atomic E-state index is 0.377. The van der Waals surface area contributed by atoms with E-state index < -0.39 is 11.2 Å². The van der Waals surface area contributed by atoms with Gasteiger partial charge in [-0.3, -0.25) is 4.98 Å². The standard InChI is InChI=1S/C24H22N2O4S/c1-28-18-8-4-16(5-9-18)22-23(17-6-10-19(29-2)11-7-17)26-24(25-22)31(27)21-14-12-20(30-3)13-15-21/h4-15H,1-3H3,(H,25,26). The Hall–Kier alpha value is -3.42.